The van der Waals surface area contributed by atoms with Crippen molar-refractivity contribution in [2.24, 2.45) is 0 Å². The number of thiazole rings is 1. The van der Waals surface area contributed by atoms with Gasteiger partial charge in [-0.25, -0.2) is 4.98 Å². The topological polar surface area (TPSA) is 24.9 Å². The summed E-state index contributed by atoms with van der Waals surface area (Å²) >= 11 is 1.68. The molecule has 1 aromatic rings. The third kappa shape index (κ3) is 4.76. The van der Waals surface area contributed by atoms with Gasteiger partial charge in [-0.2, -0.15) is 0 Å². The molecule has 1 N–H and O–H groups in total. The number of hydrogen-bond acceptors (Lipinski definition) is 3. The average Bonchev–Trinajstić information content (AvgIpc) is 2.77. The van der Waals surface area contributed by atoms with Crippen molar-refractivity contribution in [2.45, 2.75) is 51.5 Å². The molecule has 0 fully saturated rings. The highest BCUT2D eigenvalue weighted by Gasteiger charge is 2.09. The van der Waals surface area contributed by atoms with Crippen molar-refractivity contribution >= 4 is 11.3 Å². The summed E-state index contributed by atoms with van der Waals surface area (Å²) in [6, 6.07) is 0.456. The molecule has 2 nitrogen and oxygen atoms in total. The fraction of sp³-hybridized carbons (Fsp3) is 0.750. The molecule has 0 aliphatic carbocycles. The molecular weight excluding hydrogens is 204 g/mol. The summed E-state index contributed by atoms with van der Waals surface area (Å²) in [7, 11) is 2.02. The van der Waals surface area contributed by atoms with Crippen LogP contribution in [0.5, 0.6) is 0 Å². The van der Waals surface area contributed by atoms with E-state index in [1.54, 1.807) is 11.3 Å². The zero-order chi connectivity index (χ0) is 10.9. The van der Waals surface area contributed by atoms with Gasteiger partial charge < -0.3 is 5.32 Å². The highest BCUT2D eigenvalue weighted by molar-refractivity contribution is 7.07. The normalized spacial score (nSPS) is 12.9. The number of nitrogens with one attached hydrogen (secondary N) is 1. The van der Waals surface area contributed by atoms with Gasteiger partial charge in [-0.1, -0.05) is 39.0 Å². The van der Waals surface area contributed by atoms with Crippen LogP contribution in [-0.4, -0.2) is 12.0 Å². The zero-order valence-electron chi connectivity index (χ0n) is 9.83. The molecule has 86 valence electrons. The van der Waals surface area contributed by atoms with Gasteiger partial charge in [-0.3, -0.25) is 0 Å². The van der Waals surface area contributed by atoms with Crippen LogP contribution in [0.15, 0.2) is 10.9 Å². The van der Waals surface area contributed by atoms with Crippen LogP contribution in [0.1, 0.15) is 57.2 Å². The second kappa shape index (κ2) is 7.83. The fourth-order valence-corrected chi connectivity index (χ4v) is 2.39. The molecule has 0 saturated heterocycles. The summed E-state index contributed by atoms with van der Waals surface area (Å²) < 4.78 is 0. The van der Waals surface area contributed by atoms with E-state index in [9.17, 15) is 0 Å². The maximum absolute atomic E-state index is 4.36. The van der Waals surface area contributed by atoms with E-state index in [4.69, 9.17) is 0 Å². The third-order valence-corrected chi connectivity index (χ3v) is 3.36. The van der Waals surface area contributed by atoms with E-state index in [0.717, 1.165) is 0 Å². The van der Waals surface area contributed by atoms with Gasteiger partial charge >= 0.3 is 0 Å². The van der Waals surface area contributed by atoms with Crippen LogP contribution >= 0.6 is 11.3 Å². The van der Waals surface area contributed by atoms with E-state index in [0.29, 0.717) is 6.04 Å². The van der Waals surface area contributed by atoms with E-state index >= 15 is 0 Å². The molecule has 0 aliphatic rings. The molecule has 0 spiro atoms. The van der Waals surface area contributed by atoms with Crippen molar-refractivity contribution in [3.05, 3.63) is 16.6 Å². The van der Waals surface area contributed by atoms with Crippen molar-refractivity contribution < 1.29 is 0 Å². The smallest absolute Gasteiger partial charge is 0.0795 e. The maximum Gasteiger partial charge on any atom is 0.0795 e. The monoisotopic (exact) mass is 226 g/mol. The molecule has 3 heteroatoms. The zero-order valence-corrected chi connectivity index (χ0v) is 10.6. The van der Waals surface area contributed by atoms with Crippen LogP contribution in [0.3, 0.4) is 0 Å². The fourth-order valence-electron chi connectivity index (χ4n) is 1.79. The predicted molar refractivity (Wildman–Crippen MR) is 67.3 cm³/mol. The molecule has 0 amide bonds. The molecule has 1 rings (SSSR count). The van der Waals surface area contributed by atoms with E-state index < -0.39 is 0 Å². The van der Waals surface area contributed by atoms with Crippen LogP contribution in [0.4, 0.5) is 0 Å². The van der Waals surface area contributed by atoms with Crippen LogP contribution in [0.2, 0.25) is 0 Å². The lowest BCUT2D eigenvalue weighted by molar-refractivity contribution is 0.493. The molecule has 1 aromatic heterocycles. The van der Waals surface area contributed by atoms with Crippen LogP contribution in [-0.2, 0) is 0 Å². The van der Waals surface area contributed by atoms with Crippen LogP contribution in [0.25, 0.3) is 0 Å². The summed E-state index contributed by atoms with van der Waals surface area (Å²) in [4.78, 5) is 4.36. The summed E-state index contributed by atoms with van der Waals surface area (Å²) in [5, 5.41) is 5.49. The predicted octanol–water partition coefficient (Wildman–Crippen LogP) is 3.76. The molecule has 15 heavy (non-hydrogen) atoms. The first-order chi connectivity index (χ1) is 7.38. The van der Waals surface area contributed by atoms with Crippen molar-refractivity contribution in [3.8, 4) is 0 Å². The minimum absolute atomic E-state index is 0.456. The Hall–Kier alpha value is -0.410. The van der Waals surface area contributed by atoms with Gasteiger partial charge in [0.05, 0.1) is 17.2 Å². The Bertz CT molecular complexity index is 234. The highest BCUT2D eigenvalue weighted by atomic mass is 32.1. The SMILES string of the molecule is CCCCCCCC(NC)c1cscn1. The van der Waals surface area contributed by atoms with Gasteiger partial charge in [0.2, 0.25) is 0 Å². The number of hydrogen-bond donors (Lipinski definition) is 1. The number of rotatable bonds is 8. The summed E-state index contributed by atoms with van der Waals surface area (Å²) in [5.74, 6) is 0. The summed E-state index contributed by atoms with van der Waals surface area (Å²) in [6.07, 6.45) is 7.95. The molecular formula is C12H22N2S. The molecule has 1 heterocycles. The third-order valence-electron chi connectivity index (χ3n) is 2.75. The quantitative estimate of drug-likeness (QED) is 0.683. The van der Waals surface area contributed by atoms with Gasteiger partial charge in [-0.15, -0.1) is 11.3 Å². The van der Waals surface area contributed by atoms with Crippen LogP contribution < -0.4 is 5.32 Å². The lowest BCUT2D eigenvalue weighted by Gasteiger charge is -2.13. The van der Waals surface area contributed by atoms with E-state index in [1.165, 1.54) is 44.2 Å². The Morgan fingerprint density at radius 1 is 1.33 bits per heavy atom. The lowest BCUT2D eigenvalue weighted by atomic mass is 10.0. The second-order valence-corrected chi connectivity index (χ2v) is 4.68. The Kier molecular flexibility index (Phi) is 6.60. The Morgan fingerprint density at radius 2 is 2.13 bits per heavy atom. The summed E-state index contributed by atoms with van der Waals surface area (Å²) in [6.45, 7) is 2.26. The minimum atomic E-state index is 0.456. The molecule has 0 bridgehead atoms. The number of unbranched alkanes of at least 4 members (excludes halogenated alkanes) is 4. The summed E-state index contributed by atoms with van der Waals surface area (Å²) in [5.41, 5.74) is 3.12. The Morgan fingerprint density at radius 3 is 2.73 bits per heavy atom. The van der Waals surface area contributed by atoms with Crippen molar-refractivity contribution in [1.82, 2.24) is 10.3 Å². The van der Waals surface area contributed by atoms with E-state index in [-0.39, 0.29) is 0 Å². The van der Waals surface area contributed by atoms with Gasteiger partial charge in [0.1, 0.15) is 0 Å². The van der Waals surface area contributed by atoms with Crippen molar-refractivity contribution in [2.75, 3.05) is 7.05 Å². The minimum Gasteiger partial charge on any atom is -0.312 e. The molecule has 1 unspecified atom stereocenters. The largest absolute Gasteiger partial charge is 0.312 e. The average molecular weight is 226 g/mol. The lowest BCUT2D eigenvalue weighted by Crippen LogP contribution is -2.16. The first kappa shape index (κ1) is 12.7. The molecule has 0 saturated carbocycles. The Labute approximate surface area is 97.1 Å². The van der Waals surface area contributed by atoms with E-state index in [1.807, 2.05) is 12.6 Å². The molecule has 1 atom stereocenters. The van der Waals surface area contributed by atoms with Crippen LogP contribution in [0, 0.1) is 0 Å². The maximum atomic E-state index is 4.36. The number of aromatic nitrogens is 1. The molecule has 0 aromatic carbocycles. The Balaban J connectivity index is 2.18. The first-order valence-electron chi connectivity index (χ1n) is 5.93. The standard InChI is InChI=1S/C12H22N2S/c1-3-4-5-6-7-8-11(13-2)12-9-15-10-14-12/h9-11,13H,3-8H2,1-2H3. The van der Waals surface area contributed by atoms with Gasteiger partial charge in [-0.05, 0) is 13.5 Å². The number of nitrogens with zero attached hydrogens (tertiary/aromatic N) is 1. The van der Waals surface area contributed by atoms with Crippen molar-refractivity contribution in [3.63, 3.8) is 0 Å². The molecule has 0 aliphatic heterocycles. The van der Waals surface area contributed by atoms with Crippen molar-refractivity contribution in [1.29, 1.82) is 0 Å². The van der Waals surface area contributed by atoms with Gasteiger partial charge in [0, 0.05) is 5.38 Å². The molecule has 0 radical (unpaired) electrons. The van der Waals surface area contributed by atoms with Gasteiger partial charge in [0.25, 0.3) is 0 Å². The van der Waals surface area contributed by atoms with Gasteiger partial charge in [0.15, 0.2) is 0 Å². The van der Waals surface area contributed by atoms with E-state index in [2.05, 4.69) is 22.6 Å². The first-order valence-corrected chi connectivity index (χ1v) is 6.88. The second-order valence-electron chi connectivity index (χ2n) is 3.96. The highest BCUT2D eigenvalue weighted by Crippen LogP contribution is 2.19.